The van der Waals surface area contributed by atoms with Gasteiger partial charge in [0.15, 0.2) is 11.5 Å². The van der Waals surface area contributed by atoms with Crippen molar-refractivity contribution in [1.29, 1.82) is 0 Å². The van der Waals surface area contributed by atoms with Gasteiger partial charge in [-0.2, -0.15) is 0 Å². The Labute approximate surface area is 92.8 Å². The number of halogens is 2. The molecule has 0 saturated heterocycles. The van der Waals surface area contributed by atoms with Crippen molar-refractivity contribution in [3.8, 4) is 0 Å². The molecule has 0 bridgehead atoms. The minimum absolute atomic E-state index is 0.140. The summed E-state index contributed by atoms with van der Waals surface area (Å²) in [5, 5.41) is 0. The zero-order valence-corrected chi connectivity index (χ0v) is 9.28. The molecule has 0 aliphatic rings. The third-order valence-corrected chi connectivity index (χ3v) is 2.52. The second-order valence-electron chi connectivity index (χ2n) is 2.84. The number of hydrogen-bond acceptors (Lipinski definition) is 3. The zero-order valence-electron chi connectivity index (χ0n) is 7.70. The van der Waals surface area contributed by atoms with E-state index in [2.05, 4.69) is 25.7 Å². The van der Waals surface area contributed by atoms with E-state index in [1.54, 1.807) is 0 Å². The van der Waals surface area contributed by atoms with Crippen LogP contribution >= 0.6 is 15.9 Å². The molecule has 0 atom stereocenters. The molecule has 6 heteroatoms. The topological polar surface area (TPSA) is 43.6 Å². The molecule has 0 aliphatic carbocycles. The van der Waals surface area contributed by atoms with E-state index in [1.807, 2.05) is 0 Å². The van der Waals surface area contributed by atoms with E-state index in [-0.39, 0.29) is 11.2 Å². The fraction of sp³-hybridized carbons (Fsp3) is 0.111. The Morgan fingerprint density at radius 2 is 2.40 bits per heavy atom. The molecule has 0 amide bonds. The van der Waals surface area contributed by atoms with Crippen molar-refractivity contribution in [2.45, 2.75) is 0 Å². The van der Waals surface area contributed by atoms with Crippen LogP contribution in [-0.2, 0) is 4.74 Å². The minimum Gasteiger partial charge on any atom is -0.465 e. The highest BCUT2D eigenvalue weighted by Gasteiger charge is 2.12. The van der Waals surface area contributed by atoms with Gasteiger partial charge < -0.3 is 4.74 Å². The van der Waals surface area contributed by atoms with Gasteiger partial charge in [-0.05, 0) is 22.0 Å². The lowest BCUT2D eigenvalue weighted by molar-refractivity contribution is 0.0599. The predicted octanol–water partition coefficient (Wildman–Crippen LogP) is 2.02. The highest BCUT2D eigenvalue weighted by molar-refractivity contribution is 9.10. The van der Waals surface area contributed by atoms with Crippen LogP contribution in [0.4, 0.5) is 4.39 Å². The Bertz CT molecular complexity index is 538. The number of pyridine rings is 1. The number of ether oxygens (including phenoxy) is 1. The van der Waals surface area contributed by atoms with Gasteiger partial charge in [0.25, 0.3) is 0 Å². The standard InChI is InChI=1S/C9H6BrFN2O2/c1-15-9(14)5-2-6(11)8-12-3-7(10)13(8)4-5/h2-4H,1H3. The molecule has 0 unspecified atom stereocenters. The summed E-state index contributed by atoms with van der Waals surface area (Å²) >= 11 is 3.19. The molecule has 2 heterocycles. The van der Waals surface area contributed by atoms with Crippen LogP contribution in [0.2, 0.25) is 0 Å². The summed E-state index contributed by atoms with van der Waals surface area (Å²) < 4.78 is 20.0. The molecule has 78 valence electrons. The monoisotopic (exact) mass is 272 g/mol. The number of imidazole rings is 1. The molecule has 0 spiro atoms. The van der Waals surface area contributed by atoms with Crippen molar-refractivity contribution >= 4 is 27.5 Å². The number of nitrogens with zero attached hydrogens (tertiary/aromatic N) is 2. The van der Waals surface area contributed by atoms with Crippen LogP contribution in [0, 0.1) is 5.82 Å². The number of hydrogen-bond donors (Lipinski definition) is 0. The summed E-state index contributed by atoms with van der Waals surface area (Å²) in [5.74, 6) is -1.15. The van der Waals surface area contributed by atoms with Gasteiger partial charge in [-0.3, -0.25) is 4.40 Å². The van der Waals surface area contributed by atoms with Crippen molar-refractivity contribution in [2.24, 2.45) is 0 Å². The van der Waals surface area contributed by atoms with Crippen molar-refractivity contribution in [1.82, 2.24) is 9.38 Å². The van der Waals surface area contributed by atoms with E-state index in [0.29, 0.717) is 4.60 Å². The maximum atomic E-state index is 13.4. The second-order valence-corrected chi connectivity index (χ2v) is 3.66. The van der Waals surface area contributed by atoms with Gasteiger partial charge in [0.1, 0.15) is 4.60 Å². The van der Waals surface area contributed by atoms with E-state index in [9.17, 15) is 9.18 Å². The first-order chi connectivity index (χ1) is 7.13. The summed E-state index contributed by atoms with van der Waals surface area (Å²) in [6.07, 6.45) is 2.92. The van der Waals surface area contributed by atoms with E-state index in [1.165, 1.54) is 23.9 Å². The van der Waals surface area contributed by atoms with Crippen LogP contribution in [0.5, 0.6) is 0 Å². The molecule has 2 aromatic heterocycles. The van der Waals surface area contributed by atoms with E-state index >= 15 is 0 Å². The van der Waals surface area contributed by atoms with Gasteiger partial charge in [-0.1, -0.05) is 0 Å². The minimum atomic E-state index is -0.587. The number of methoxy groups -OCH3 is 1. The van der Waals surface area contributed by atoms with Gasteiger partial charge in [0.2, 0.25) is 0 Å². The quantitative estimate of drug-likeness (QED) is 0.746. The Kier molecular flexibility index (Phi) is 2.44. The van der Waals surface area contributed by atoms with Crippen LogP contribution in [0.15, 0.2) is 23.1 Å². The molecular weight excluding hydrogens is 267 g/mol. The summed E-state index contributed by atoms with van der Waals surface area (Å²) in [5.41, 5.74) is 0.302. The molecule has 15 heavy (non-hydrogen) atoms. The van der Waals surface area contributed by atoms with E-state index in [4.69, 9.17) is 0 Å². The fourth-order valence-electron chi connectivity index (χ4n) is 1.25. The molecule has 0 radical (unpaired) electrons. The van der Waals surface area contributed by atoms with Crippen LogP contribution < -0.4 is 0 Å². The average molecular weight is 273 g/mol. The molecule has 0 fully saturated rings. The molecule has 0 saturated carbocycles. The Hall–Kier alpha value is -1.43. The third kappa shape index (κ3) is 1.61. The molecule has 0 aliphatic heterocycles. The largest absolute Gasteiger partial charge is 0.465 e. The predicted molar refractivity (Wildman–Crippen MR) is 54.2 cm³/mol. The van der Waals surface area contributed by atoms with Crippen LogP contribution in [0.1, 0.15) is 10.4 Å². The summed E-state index contributed by atoms with van der Waals surface area (Å²) in [6, 6.07) is 1.10. The molecule has 2 aromatic rings. The number of rotatable bonds is 1. The van der Waals surface area contributed by atoms with Crippen molar-refractivity contribution in [3.05, 3.63) is 34.4 Å². The average Bonchev–Trinajstić information content (AvgIpc) is 2.60. The molecule has 2 rings (SSSR count). The molecule has 0 aromatic carbocycles. The van der Waals surface area contributed by atoms with Crippen molar-refractivity contribution in [3.63, 3.8) is 0 Å². The molecule has 0 N–H and O–H groups in total. The lowest BCUT2D eigenvalue weighted by atomic mass is 10.3. The SMILES string of the molecule is COC(=O)c1cc(F)c2ncc(Br)n2c1. The summed E-state index contributed by atoms with van der Waals surface area (Å²) in [4.78, 5) is 15.0. The first kappa shape index (κ1) is 10.1. The third-order valence-electron chi connectivity index (χ3n) is 1.94. The first-order valence-electron chi connectivity index (χ1n) is 4.04. The number of carbonyl (C=O) groups excluding carboxylic acids is 1. The van der Waals surface area contributed by atoms with Gasteiger partial charge >= 0.3 is 5.97 Å². The smallest absolute Gasteiger partial charge is 0.339 e. The Balaban J connectivity index is 2.70. The Morgan fingerprint density at radius 3 is 3.07 bits per heavy atom. The highest BCUT2D eigenvalue weighted by Crippen LogP contribution is 2.17. The summed E-state index contributed by atoms with van der Waals surface area (Å²) in [7, 11) is 1.24. The van der Waals surface area contributed by atoms with Crippen LogP contribution in [0.3, 0.4) is 0 Å². The normalized spacial score (nSPS) is 10.6. The lowest BCUT2D eigenvalue weighted by Gasteiger charge is -2.02. The van der Waals surface area contributed by atoms with Gasteiger partial charge in [-0.15, -0.1) is 0 Å². The summed E-state index contributed by atoms with van der Waals surface area (Å²) in [6.45, 7) is 0. The first-order valence-corrected chi connectivity index (χ1v) is 4.83. The second kappa shape index (κ2) is 3.62. The maximum absolute atomic E-state index is 13.4. The Morgan fingerprint density at radius 1 is 1.67 bits per heavy atom. The van der Waals surface area contributed by atoms with Gasteiger partial charge in [0, 0.05) is 6.20 Å². The van der Waals surface area contributed by atoms with E-state index in [0.717, 1.165) is 6.07 Å². The zero-order chi connectivity index (χ0) is 11.0. The number of carbonyl (C=O) groups is 1. The number of aromatic nitrogens is 2. The van der Waals surface area contributed by atoms with Gasteiger partial charge in [0.05, 0.1) is 18.9 Å². The van der Waals surface area contributed by atoms with Gasteiger partial charge in [-0.25, -0.2) is 14.2 Å². The highest BCUT2D eigenvalue weighted by atomic mass is 79.9. The van der Waals surface area contributed by atoms with Crippen LogP contribution in [-0.4, -0.2) is 22.5 Å². The number of esters is 1. The number of fused-ring (bicyclic) bond motifs is 1. The van der Waals surface area contributed by atoms with Crippen LogP contribution in [0.25, 0.3) is 5.65 Å². The van der Waals surface area contributed by atoms with E-state index < -0.39 is 11.8 Å². The lowest BCUT2D eigenvalue weighted by Crippen LogP contribution is -2.04. The molecular formula is C9H6BrFN2O2. The fourth-order valence-corrected chi connectivity index (χ4v) is 1.62. The molecule has 4 nitrogen and oxygen atoms in total. The van der Waals surface area contributed by atoms with Crippen molar-refractivity contribution in [2.75, 3.05) is 7.11 Å². The van der Waals surface area contributed by atoms with Crippen molar-refractivity contribution < 1.29 is 13.9 Å². The maximum Gasteiger partial charge on any atom is 0.339 e.